The lowest BCUT2D eigenvalue weighted by Crippen LogP contribution is -2.56. The Balaban J connectivity index is 1.83. The smallest absolute Gasteiger partial charge is 0.162 e. The molecule has 106 valence electrons. The van der Waals surface area contributed by atoms with E-state index in [2.05, 4.69) is 4.90 Å². The summed E-state index contributed by atoms with van der Waals surface area (Å²) in [6.07, 6.45) is -0.0172. The Morgan fingerprint density at radius 3 is 2.06 bits per heavy atom. The van der Waals surface area contributed by atoms with Crippen molar-refractivity contribution in [3.05, 3.63) is 0 Å². The van der Waals surface area contributed by atoms with Crippen molar-refractivity contribution < 1.29 is 18.9 Å². The van der Waals surface area contributed by atoms with Crippen molar-refractivity contribution in [3.8, 4) is 0 Å². The van der Waals surface area contributed by atoms with Gasteiger partial charge in [-0.05, 0) is 34.7 Å². The van der Waals surface area contributed by atoms with Crippen molar-refractivity contribution in [2.75, 3.05) is 33.5 Å². The zero-order chi connectivity index (χ0) is 13.4. The first-order valence-electron chi connectivity index (χ1n) is 6.54. The third-order valence-corrected chi connectivity index (χ3v) is 3.52. The molecule has 0 spiro atoms. The zero-order valence-corrected chi connectivity index (χ0v) is 12.1. The van der Waals surface area contributed by atoms with Gasteiger partial charge in [0.25, 0.3) is 0 Å². The fraction of sp³-hybridized carbons (Fsp3) is 1.00. The van der Waals surface area contributed by atoms with E-state index in [0.29, 0.717) is 26.4 Å². The van der Waals surface area contributed by atoms with Crippen LogP contribution in [0, 0.1) is 0 Å². The van der Waals surface area contributed by atoms with Crippen LogP contribution in [0.15, 0.2) is 0 Å². The number of rotatable bonds is 2. The molecule has 0 aromatic heterocycles. The molecule has 5 nitrogen and oxygen atoms in total. The third-order valence-electron chi connectivity index (χ3n) is 3.52. The van der Waals surface area contributed by atoms with Gasteiger partial charge in [0.2, 0.25) is 0 Å². The molecule has 0 aromatic rings. The van der Waals surface area contributed by atoms with E-state index >= 15 is 0 Å². The van der Waals surface area contributed by atoms with Gasteiger partial charge in [-0.25, -0.2) is 0 Å². The van der Waals surface area contributed by atoms with Gasteiger partial charge in [-0.1, -0.05) is 0 Å². The molecular weight excluding hydrogens is 234 g/mol. The van der Waals surface area contributed by atoms with E-state index in [1.807, 2.05) is 34.7 Å². The van der Waals surface area contributed by atoms with Crippen LogP contribution in [0.1, 0.15) is 27.7 Å². The van der Waals surface area contributed by atoms with Gasteiger partial charge >= 0.3 is 0 Å². The van der Waals surface area contributed by atoms with Crippen LogP contribution >= 0.6 is 0 Å². The molecule has 0 N–H and O–H groups in total. The number of hydrogen-bond acceptors (Lipinski definition) is 5. The number of nitrogens with zero attached hydrogens (tertiary/aromatic N) is 1. The van der Waals surface area contributed by atoms with E-state index in [1.165, 1.54) is 0 Å². The summed E-state index contributed by atoms with van der Waals surface area (Å²) in [4.78, 5) is 2.14. The molecule has 2 rings (SSSR count). The fourth-order valence-corrected chi connectivity index (χ4v) is 2.07. The molecule has 1 unspecified atom stereocenters. The molecule has 0 bridgehead atoms. The lowest BCUT2D eigenvalue weighted by molar-refractivity contribution is -0.282. The molecule has 2 heterocycles. The van der Waals surface area contributed by atoms with Crippen LogP contribution in [-0.4, -0.2) is 62.0 Å². The van der Waals surface area contributed by atoms with Gasteiger partial charge in [0, 0.05) is 0 Å². The third kappa shape index (κ3) is 3.42. The monoisotopic (exact) mass is 259 g/mol. The molecule has 1 atom stereocenters. The standard InChI is InChI=1S/C13H25NO4/c1-12(2)9-15-11(8-16-12)14(5)10-6-17-13(3,4)18-7-10/h10-11H,6-9H2,1-5H3. The second-order valence-corrected chi connectivity index (χ2v) is 6.18. The summed E-state index contributed by atoms with van der Waals surface area (Å²) >= 11 is 0. The molecule has 0 radical (unpaired) electrons. The molecule has 0 amide bonds. The Morgan fingerprint density at radius 1 is 0.944 bits per heavy atom. The quantitative estimate of drug-likeness (QED) is 0.746. The molecule has 18 heavy (non-hydrogen) atoms. The Kier molecular flexibility index (Phi) is 3.99. The summed E-state index contributed by atoms with van der Waals surface area (Å²) in [6, 6.07) is 0.216. The highest BCUT2D eigenvalue weighted by Gasteiger charge is 2.36. The minimum Gasteiger partial charge on any atom is -0.369 e. The molecule has 5 heteroatoms. The molecule has 0 aromatic carbocycles. The minimum absolute atomic E-state index is 0.0172. The molecule has 0 saturated carbocycles. The van der Waals surface area contributed by atoms with Gasteiger partial charge in [0.15, 0.2) is 5.79 Å². The van der Waals surface area contributed by atoms with Gasteiger partial charge in [-0.2, -0.15) is 0 Å². The first-order valence-corrected chi connectivity index (χ1v) is 6.54. The highest BCUT2D eigenvalue weighted by molar-refractivity contribution is 4.80. The first kappa shape index (κ1) is 14.2. The van der Waals surface area contributed by atoms with E-state index in [9.17, 15) is 0 Å². The average Bonchev–Trinajstić information content (AvgIpc) is 2.28. The van der Waals surface area contributed by atoms with E-state index < -0.39 is 5.79 Å². The summed E-state index contributed by atoms with van der Waals surface area (Å²) in [5.74, 6) is -0.469. The first-order chi connectivity index (χ1) is 8.29. The highest BCUT2D eigenvalue weighted by Crippen LogP contribution is 2.24. The number of likely N-dealkylation sites (N-methyl/N-ethyl adjacent to an activating group) is 1. The molecule has 0 aliphatic carbocycles. The van der Waals surface area contributed by atoms with E-state index in [1.54, 1.807) is 0 Å². The van der Waals surface area contributed by atoms with Crippen molar-refractivity contribution in [1.29, 1.82) is 0 Å². The molecule has 2 aliphatic heterocycles. The van der Waals surface area contributed by atoms with Crippen molar-refractivity contribution in [2.45, 2.75) is 51.4 Å². The Hall–Kier alpha value is -0.200. The zero-order valence-electron chi connectivity index (χ0n) is 12.1. The van der Waals surface area contributed by atoms with E-state index in [-0.39, 0.29) is 17.9 Å². The van der Waals surface area contributed by atoms with Crippen molar-refractivity contribution in [1.82, 2.24) is 4.90 Å². The fourth-order valence-electron chi connectivity index (χ4n) is 2.07. The van der Waals surface area contributed by atoms with Crippen molar-refractivity contribution in [3.63, 3.8) is 0 Å². The summed E-state index contributed by atoms with van der Waals surface area (Å²) in [5, 5.41) is 0. The Labute approximate surface area is 109 Å². The maximum Gasteiger partial charge on any atom is 0.162 e. The van der Waals surface area contributed by atoms with Crippen LogP contribution in [0.25, 0.3) is 0 Å². The van der Waals surface area contributed by atoms with E-state index in [4.69, 9.17) is 18.9 Å². The molecule has 2 saturated heterocycles. The summed E-state index contributed by atoms with van der Waals surface area (Å²) in [6.45, 7) is 10.5. The second kappa shape index (κ2) is 5.06. The Bertz CT molecular complexity index is 245. The lowest BCUT2D eigenvalue weighted by atomic mass is 10.1. The highest BCUT2D eigenvalue weighted by atomic mass is 16.7. The van der Waals surface area contributed by atoms with Gasteiger partial charge in [0.05, 0.1) is 38.1 Å². The maximum absolute atomic E-state index is 5.85. The van der Waals surface area contributed by atoms with Crippen LogP contribution in [0.3, 0.4) is 0 Å². The summed E-state index contributed by atoms with van der Waals surface area (Å²) in [7, 11) is 2.03. The van der Waals surface area contributed by atoms with Crippen LogP contribution in [-0.2, 0) is 18.9 Å². The predicted octanol–water partition coefficient (Wildman–Crippen LogP) is 1.22. The van der Waals surface area contributed by atoms with Crippen LogP contribution < -0.4 is 0 Å². The molecule has 2 aliphatic rings. The van der Waals surface area contributed by atoms with Gasteiger partial charge in [-0.15, -0.1) is 0 Å². The van der Waals surface area contributed by atoms with Crippen LogP contribution in [0.2, 0.25) is 0 Å². The normalized spacial score (nSPS) is 32.7. The summed E-state index contributed by atoms with van der Waals surface area (Å²) < 4.78 is 23.0. The summed E-state index contributed by atoms with van der Waals surface area (Å²) in [5.41, 5.74) is -0.182. The number of hydrogen-bond donors (Lipinski definition) is 0. The van der Waals surface area contributed by atoms with Crippen molar-refractivity contribution >= 4 is 0 Å². The van der Waals surface area contributed by atoms with Gasteiger partial charge < -0.3 is 18.9 Å². The average molecular weight is 259 g/mol. The van der Waals surface area contributed by atoms with Gasteiger partial charge in [0.1, 0.15) is 6.23 Å². The SMILES string of the molecule is CN(C1COC(C)(C)OC1)C1COC(C)(C)CO1. The van der Waals surface area contributed by atoms with E-state index in [0.717, 1.165) is 0 Å². The lowest BCUT2D eigenvalue weighted by Gasteiger charge is -2.44. The van der Waals surface area contributed by atoms with Crippen LogP contribution in [0.4, 0.5) is 0 Å². The Morgan fingerprint density at radius 2 is 1.56 bits per heavy atom. The minimum atomic E-state index is -0.469. The molecule has 2 fully saturated rings. The second-order valence-electron chi connectivity index (χ2n) is 6.18. The van der Waals surface area contributed by atoms with Crippen LogP contribution in [0.5, 0.6) is 0 Å². The van der Waals surface area contributed by atoms with Crippen molar-refractivity contribution in [2.24, 2.45) is 0 Å². The largest absolute Gasteiger partial charge is 0.369 e. The number of ether oxygens (including phenoxy) is 4. The predicted molar refractivity (Wildman–Crippen MR) is 67.3 cm³/mol. The van der Waals surface area contributed by atoms with Gasteiger partial charge in [-0.3, -0.25) is 4.90 Å². The topological polar surface area (TPSA) is 40.2 Å². The maximum atomic E-state index is 5.85. The molecular formula is C13H25NO4.